The van der Waals surface area contributed by atoms with Crippen molar-refractivity contribution in [1.29, 1.82) is 0 Å². The number of allylic oxidation sites excluding steroid dienone is 2. The van der Waals surface area contributed by atoms with Gasteiger partial charge in [-0.05, 0) is 32.9 Å². The smallest absolute Gasteiger partial charge is 0.101 e. The molecule has 1 aromatic rings. The first-order valence-corrected chi connectivity index (χ1v) is 5.42. The highest BCUT2D eigenvalue weighted by Gasteiger charge is 2.18. The summed E-state index contributed by atoms with van der Waals surface area (Å²) in [5.74, 6) is 0. The van der Waals surface area contributed by atoms with Gasteiger partial charge in [-0.2, -0.15) is 5.10 Å². The number of rotatable bonds is 1. The highest BCUT2D eigenvalue weighted by atomic mass is 15.3. The van der Waals surface area contributed by atoms with E-state index in [1.54, 1.807) is 0 Å². The van der Waals surface area contributed by atoms with Crippen LogP contribution in [0.5, 0.6) is 0 Å². The largest absolute Gasteiger partial charge is 0.326 e. The molecule has 86 valence electrons. The molecule has 0 saturated carbocycles. The minimum Gasteiger partial charge on any atom is -0.326 e. The zero-order valence-electron chi connectivity index (χ0n) is 9.96. The second-order valence-electron chi connectivity index (χ2n) is 4.94. The van der Waals surface area contributed by atoms with Crippen LogP contribution in [-0.2, 0) is 5.54 Å². The molecule has 0 aromatic carbocycles. The van der Waals surface area contributed by atoms with E-state index in [1.165, 1.54) is 0 Å². The molecule has 0 spiro atoms. The first-order chi connectivity index (χ1) is 7.48. The van der Waals surface area contributed by atoms with Crippen LogP contribution in [0, 0.1) is 0 Å². The zero-order chi connectivity index (χ0) is 11.8. The quantitative estimate of drug-likeness (QED) is 0.782. The zero-order valence-corrected chi connectivity index (χ0v) is 9.96. The predicted molar refractivity (Wildman–Crippen MR) is 66.0 cm³/mol. The molecule has 16 heavy (non-hydrogen) atoms. The number of aromatic nitrogens is 2. The third kappa shape index (κ3) is 2.02. The van der Waals surface area contributed by atoms with Crippen molar-refractivity contribution < 1.29 is 0 Å². The van der Waals surface area contributed by atoms with Crippen LogP contribution < -0.4 is 10.6 Å². The summed E-state index contributed by atoms with van der Waals surface area (Å²) >= 11 is 0. The molecule has 0 saturated heterocycles. The van der Waals surface area contributed by atoms with Gasteiger partial charge in [-0.3, -0.25) is 4.68 Å². The predicted octanol–water partition coefficient (Wildman–Crippen LogP) is 1.81. The topological polar surface area (TPSA) is 47.1 Å². The SMILES string of the molecule is CC(C)(C)n1cc(N2C=CC=CC2N)cn1. The first kappa shape index (κ1) is 11.0. The third-order valence-corrected chi connectivity index (χ3v) is 2.54. The van der Waals surface area contributed by atoms with Gasteiger partial charge < -0.3 is 10.6 Å². The molecule has 2 heterocycles. The van der Waals surface area contributed by atoms with Gasteiger partial charge in [-0.15, -0.1) is 0 Å². The van der Waals surface area contributed by atoms with E-state index in [2.05, 4.69) is 25.9 Å². The molecule has 2 N–H and O–H groups in total. The molecule has 1 aromatic heterocycles. The van der Waals surface area contributed by atoms with Gasteiger partial charge in [0.25, 0.3) is 0 Å². The van der Waals surface area contributed by atoms with Crippen molar-refractivity contribution in [1.82, 2.24) is 9.78 Å². The Morgan fingerprint density at radius 2 is 2.06 bits per heavy atom. The van der Waals surface area contributed by atoms with E-state index in [0.29, 0.717) is 0 Å². The molecule has 0 aliphatic carbocycles. The van der Waals surface area contributed by atoms with Gasteiger partial charge in [0.15, 0.2) is 0 Å². The Kier molecular flexibility index (Phi) is 2.59. The maximum atomic E-state index is 5.98. The van der Waals surface area contributed by atoms with Crippen molar-refractivity contribution in [3.05, 3.63) is 36.8 Å². The molecular weight excluding hydrogens is 200 g/mol. The van der Waals surface area contributed by atoms with Crippen LogP contribution in [0.4, 0.5) is 5.69 Å². The van der Waals surface area contributed by atoms with Gasteiger partial charge in [0, 0.05) is 12.4 Å². The van der Waals surface area contributed by atoms with E-state index in [0.717, 1.165) is 5.69 Å². The van der Waals surface area contributed by atoms with Crippen molar-refractivity contribution in [3.8, 4) is 0 Å². The first-order valence-electron chi connectivity index (χ1n) is 5.42. The maximum Gasteiger partial charge on any atom is 0.101 e. The molecular formula is C12H18N4. The molecule has 1 aliphatic heterocycles. The van der Waals surface area contributed by atoms with Gasteiger partial charge in [0.05, 0.1) is 17.4 Å². The fraction of sp³-hybridized carbons (Fsp3) is 0.417. The second-order valence-corrected chi connectivity index (χ2v) is 4.94. The molecule has 0 bridgehead atoms. The molecule has 2 rings (SSSR count). The summed E-state index contributed by atoms with van der Waals surface area (Å²) in [5.41, 5.74) is 6.99. The Balaban J connectivity index is 2.25. The molecule has 0 radical (unpaired) electrons. The van der Waals surface area contributed by atoms with E-state index in [9.17, 15) is 0 Å². The Labute approximate surface area is 96.0 Å². The highest BCUT2D eigenvalue weighted by molar-refractivity contribution is 5.50. The summed E-state index contributed by atoms with van der Waals surface area (Å²) in [6, 6.07) is 0. The number of hydrogen-bond donors (Lipinski definition) is 1. The lowest BCUT2D eigenvalue weighted by atomic mass is 10.1. The second kappa shape index (κ2) is 3.79. The van der Waals surface area contributed by atoms with E-state index >= 15 is 0 Å². The van der Waals surface area contributed by atoms with Gasteiger partial charge >= 0.3 is 0 Å². The molecule has 1 unspecified atom stereocenters. The Bertz CT molecular complexity index is 422. The van der Waals surface area contributed by atoms with Crippen LogP contribution in [0.1, 0.15) is 20.8 Å². The lowest BCUT2D eigenvalue weighted by Gasteiger charge is -2.26. The summed E-state index contributed by atoms with van der Waals surface area (Å²) in [4.78, 5) is 2.00. The van der Waals surface area contributed by atoms with Gasteiger partial charge in [0.1, 0.15) is 6.17 Å². The number of anilines is 1. The number of nitrogens with zero attached hydrogens (tertiary/aromatic N) is 3. The summed E-state index contributed by atoms with van der Waals surface area (Å²) in [6.45, 7) is 6.36. The maximum absolute atomic E-state index is 5.98. The van der Waals surface area contributed by atoms with Crippen molar-refractivity contribution >= 4 is 5.69 Å². The third-order valence-electron chi connectivity index (χ3n) is 2.54. The van der Waals surface area contributed by atoms with Crippen LogP contribution in [0.25, 0.3) is 0 Å². The van der Waals surface area contributed by atoms with Crippen LogP contribution >= 0.6 is 0 Å². The standard InChI is InChI=1S/C12H18N4/c1-12(2,3)16-9-10(8-14-16)15-7-5-4-6-11(15)13/h4-9,11H,13H2,1-3H3. The average Bonchev–Trinajstić information content (AvgIpc) is 2.66. The Hall–Kier alpha value is -1.55. The van der Waals surface area contributed by atoms with E-state index < -0.39 is 0 Å². The van der Waals surface area contributed by atoms with Crippen LogP contribution in [0.15, 0.2) is 36.8 Å². The Morgan fingerprint density at radius 1 is 1.31 bits per heavy atom. The fourth-order valence-corrected chi connectivity index (χ4v) is 1.58. The van der Waals surface area contributed by atoms with E-state index in [4.69, 9.17) is 5.73 Å². The number of hydrogen-bond acceptors (Lipinski definition) is 3. The average molecular weight is 218 g/mol. The molecule has 1 aliphatic rings. The summed E-state index contributed by atoms with van der Waals surface area (Å²) in [5, 5.41) is 4.36. The molecule has 0 amide bonds. The lowest BCUT2D eigenvalue weighted by molar-refractivity contribution is 0.355. The minimum absolute atomic E-state index is 0.00230. The monoisotopic (exact) mass is 218 g/mol. The molecule has 4 nitrogen and oxygen atoms in total. The van der Waals surface area contributed by atoms with E-state index in [1.807, 2.05) is 46.4 Å². The van der Waals surface area contributed by atoms with Gasteiger partial charge in [-0.25, -0.2) is 0 Å². The lowest BCUT2D eigenvalue weighted by Crippen LogP contribution is -2.37. The summed E-state index contributed by atoms with van der Waals surface area (Å²) < 4.78 is 1.95. The van der Waals surface area contributed by atoms with Crippen molar-refractivity contribution in [2.75, 3.05) is 4.90 Å². The highest BCUT2D eigenvalue weighted by Crippen LogP contribution is 2.21. The van der Waals surface area contributed by atoms with Crippen molar-refractivity contribution in [2.24, 2.45) is 5.73 Å². The Morgan fingerprint density at radius 3 is 2.62 bits per heavy atom. The van der Waals surface area contributed by atoms with Gasteiger partial charge in [-0.1, -0.05) is 6.08 Å². The van der Waals surface area contributed by atoms with Crippen LogP contribution in [-0.4, -0.2) is 15.9 Å². The normalized spacial score (nSPS) is 20.5. The minimum atomic E-state index is -0.109. The number of nitrogens with two attached hydrogens (primary N) is 1. The summed E-state index contributed by atoms with van der Waals surface area (Å²) in [6.07, 6.45) is 11.6. The van der Waals surface area contributed by atoms with Crippen molar-refractivity contribution in [2.45, 2.75) is 32.5 Å². The molecule has 1 atom stereocenters. The summed E-state index contributed by atoms with van der Waals surface area (Å²) in [7, 11) is 0. The van der Waals surface area contributed by atoms with Crippen molar-refractivity contribution in [3.63, 3.8) is 0 Å². The van der Waals surface area contributed by atoms with Crippen LogP contribution in [0.3, 0.4) is 0 Å². The van der Waals surface area contributed by atoms with Crippen LogP contribution in [0.2, 0.25) is 0 Å². The van der Waals surface area contributed by atoms with E-state index in [-0.39, 0.29) is 11.7 Å². The molecule has 4 heteroatoms. The molecule has 0 fully saturated rings. The van der Waals surface area contributed by atoms with Gasteiger partial charge in [0.2, 0.25) is 0 Å². The fourth-order valence-electron chi connectivity index (χ4n) is 1.58.